The molecule has 0 saturated heterocycles. The zero-order valence-electron chi connectivity index (χ0n) is 17.6. The summed E-state index contributed by atoms with van der Waals surface area (Å²) in [7, 11) is 1.59. The van der Waals surface area contributed by atoms with Crippen molar-refractivity contribution in [3.8, 4) is 0 Å². The first-order chi connectivity index (χ1) is 14.1. The zero-order valence-corrected chi connectivity index (χ0v) is 17.6. The molecule has 6 N–H and O–H groups in total. The Balaban J connectivity index is 2.25. The first kappa shape index (κ1) is 26.5. The van der Waals surface area contributed by atoms with Crippen molar-refractivity contribution in [3.63, 3.8) is 0 Å². The molecule has 1 rings (SSSR count). The van der Waals surface area contributed by atoms with Gasteiger partial charge in [0.25, 0.3) is 0 Å². The molecule has 0 heterocycles. The smallest absolute Gasteiger partial charge is 0.307 e. The Bertz CT molecular complexity index is 589. The van der Waals surface area contributed by atoms with Gasteiger partial charge in [0.1, 0.15) is 43.4 Å². The van der Waals surface area contributed by atoms with Crippen molar-refractivity contribution in [2.24, 2.45) is 0 Å². The Morgan fingerprint density at radius 1 is 1.07 bits per heavy atom. The van der Waals surface area contributed by atoms with E-state index in [0.717, 1.165) is 18.4 Å². The normalized spacial score (nSPS) is 18.4. The van der Waals surface area contributed by atoms with Crippen LogP contribution in [-0.2, 0) is 14.3 Å². The van der Waals surface area contributed by atoms with Crippen molar-refractivity contribution < 1.29 is 44.9 Å². The van der Waals surface area contributed by atoms with Crippen LogP contribution in [0.2, 0.25) is 0 Å². The Labute approximate surface area is 176 Å². The minimum atomic E-state index is -1.70. The monoisotopic (exact) mass is 433 g/mol. The quantitative estimate of drug-likeness (QED) is 0.130. The van der Waals surface area contributed by atoms with Gasteiger partial charge >= 0.3 is 5.97 Å². The number of esters is 1. The van der Waals surface area contributed by atoms with Crippen LogP contribution in [0.4, 0.5) is 0 Å². The Hall–Kier alpha value is -1.53. The molecule has 0 amide bonds. The second-order valence-corrected chi connectivity index (χ2v) is 7.67. The molecule has 0 bridgehead atoms. The van der Waals surface area contributed by atoms with Crippen molar-refractivity contribution in [2.75, 3.05) is 40.0 Å². The third kappa shape index (κ3) is 9.52. The van der Waals surface area contributed by atoms with Crippen LogP contribution in [0.5, 0.6) is 0 Å². The summed E-state index contributed by atoms with van der Waals surface area (Å²) in [5.74, 6) is 0.159. The molecular weight excluding hydrogens is 398 g/mol. The largest absolute Gasteiger partial charge is 0.491 e. The minimum Gasteiger partial charge on any atom is -0.491 e. The molecule has 10 heteroatoms. The van der Waals surface area contributed by atoms with Gasteiger partial charge < -0.3 is 45.0 Å². The summed E-state index contributed by atoms with van der Waals surface area (Å²) >= 11 is 0. The first-order valence-electron chi connectivity index (χ1n) is 9.92. The van der Waals surface area contributed by atoms with E-state index in [9.17, 15) is 30.3 Å². The average Bonchev–Trinajstić information content (AvgIpc) is 3.53. The van der Waals surface area contributed by atoms with E-state index in [0.29, 0.717) is 5.76 Å². The van der Waals surface area contributed by atoms with Gasteiger partial charge in [0, 0.05) is 13.1 Å². The number of hydrogen-bond acceptors (Lipinski definition) is 10. The Morgan fingerprint density at radius 2 is 1.63 bits per heavy atom. The topological polar surface area (TPSA) is 160 Å². The molecule has 1 saturated carbocycles. The second-order valence-electron chi connectivity index (χ2n) is 7.67. The van der Waals surface area contributed by atoms with Gasteiger partial charge in [-0.05, 0) is 38.0 Å². The average molecular weight is 433 g/mol. The van der Waals surface area contributed by atoms with E-state index in [-0.39, 0.29) is 32.7 Å². The van der Waals surface area contributed by atoms with Gasteiger partial charge in [-0.3, -0.25) is 4.79 Å². The van der Waals surface area contributed by atoms with Crippen LogP contribution >= 0.6 is 0 Å². The van der Waals surface area contributed by atoms with Gasteiger partial charge in [-0.2, -0.15) is 0 Å². The van der Waals surface area contributed by atoms with E-state index in [4.69, 9.17) is 14.6 Å². The summed E-state index contributed by atoms with van der Waals surface area (Å²) in [5, 5.41) is 57.3. The molecule has 30 heavy (non-hydrogen) atoms. The third-order valence-corrected chi connectivity index (χ3v) is 4.59. The van der Waals surface area contributed by atoms with Gasteiger partial charge in [0.05, 0.1) is 19.1 Å². The van der Waals surface area contributed by atoms with Crippen LogP contribution in [-0.4, -0.2) is 112 Å². The number of aliphatic hydroxyl groups excluding tert-OH is 6. The van der Waals surface area contributed by atoms with E-state index in [1.54, 1.807) is 7.05 Å². The summed E-state index contributed by atoms with van der Waals surface area (Å²) in [6.45, 7) is 4.80. The molecule has 5 atom stereocenters. The van der Waals surface area contributed by atoms with Crippen LogP contribution in [0.3, 0.4) is 0 Å². The van der Waals surface area contributed by atoms with Crippen molar-refractivity contribution in [1.82, 2.24) is 4.90 Å². The van der Waals surface area contributed by atoms with E-state index in [1.807, 2.05) is 6.92 Å². The fourth-order valence-electron chi connectivity index (χ4n) is 2.67. The first-order valence-corrected chi connectivity index (χ1v) is 9.92. The summed E-state index contributed by atoms with van der Waals surface area (Å²) in [6, 6.07) is 0. The van der Waals surface area contributed by atoms with Crippen molar-refractivity contribution in [2.45, 2.75) is 56.7 Å². The number of carbonyl (C=O) groups excluding carboxylic acids is 1. The second kappa shape index (κ2) is 13.0. The molecule has 0 aliphatic heterocycles. The number of ether oxygens (including phenoxy) is 2. The number of rotatable bonds is 15. The maximum atomic E-state index is 11.8. The highest BCUT2D eigenvalue weighted by atomic mass is 16.5. The van der Waals surface area contributed by atoms with Gasteiger partial charge in [0.2, 0.25) is 0 Å². The summed E-state index contributed by atoms with van der Waals surface area (Å²) in [4.78, 5) is 13.4. The number of hydrogen-bond donors (Lipinski definition) is 6. The lowest BCUT2D eigenvalue weighted by Crippen LogP contribution is -2.49. The van der Waals surface area contributed by atoms with Crippen molar-refractivity contribution >= 4 is 5.97 Å². The Morgan fingerprint density at radius 3 is 2.17 bits per heavy atom. The van der Waals surface area contributed by atoms with Gasteiger partial charge in [0.15, 0.2) is 0 Å². The predicted molar refractivity (Wildman–Crippen MR) is 107 cm³/mol. The zero-order chi connectivity index (χ0) is 22.8. The fourth-order valence-corrected chi connectivity index (χ4v) is 2.67. The molecule has 1 aliphatic rings. The molecule has 5 unspecified atom stereocenters. The van der Waals surface area contributed by atoms with E-state index >= 15 is 0 Å². The van der Waals surface area contributed by atoms with Gasteiger partial charge in [-0.25, -0.2) is 0 Å². The molecule has 1 aliphatic carbocycles. The number of nitrogens with zero attached hydrogens (tertiary/aromatic N) is 1. The fraction of sp³-hybridized carbons (Fsp3) is 0.750. The van der Waals surface area contributed by atoms with E-state index in [1.165, 1.54) is 10.5 Å². The van der Waals surface area contributed by atoms with Crippen LogP contribution in [0.25, 0.3) is 0 Å². The van der Waals surface area contributed by atoms with Crippen molar-refractivity contribution in [1.29, 1.82) is 0 Å². The van der Waals surface area contributed by atoms with E-state index in [2.05, 4.69) is 6.58 Å². The summed E-state index contributed by atoms with van der Waals surface area (Å²) in [6.07, 6.45) is -5.39. The minimum absolute atomic E-state index is 0.00895. The van der Waals surface area contributed by atoms with Gasteiger partial charge in [-0.1, -0.05) is 6.58 Å². The molecule has 0 aromatic heterocycles. The molecular formula is C20H35NO9. The number of carbonyl (C=O) groups is 1. The molecule has 174 valence electrons. The summed E-state index contributed by atoms with van der Waals surface area (Å²) in [5.41, 5.74) is 1.96. The lowest BCUT2D eigenvalue weighted by atomic mass is 10.0. The highest BCUT2D eigenvalue weighted by Crippen LogP contribution is 2.34. The lowest BCUT2D eigenvalue weighted by Gasteiger charge is -2.28. The lowest BCUT2D eigenvalue weighted by molar-refractivity contribution is -0.148. The highest BCUT2D eigenvalue weighted by Gasteiger charge is 2.30. The highest BCUT2D eigenvalue weighted by molar-refractivity contribution is 5.69. The maximum absolute atomic E-state index is 11.8. The number of aliphatic hydroxyl groups is 6. The van der Waals surface area contributed by atoms with Crippen molar-refractivity contribution in [3.05, 3.63) is 23.5 Å². The standard InChI is InChI=1S/C20H35NO9/c1-12(2)20(13-4-5-13)30-11-14(23)10-29-17(26)6-7-21(3)8-15(24)18(27)19(28)16(25)9-22/h14-16,18-19,22-25,27-28H,1,4-11H2,2-3H3. The number of likely N-dealkylation sites (N-methyl/N-ethyl adjacent to an activating group) is 1. The van der Waals surface area contributed by atoms with E-state index < -0.39 is 43.1 Å². The molecule has 0 aromatic rings. The Kier molecular flexibility index (Phi) is 11.5. The van der Waals surface area contributed by atoms with Crippen LogP contribution < -0.4 is 0 Å². The molecule has 0 spiro atoms. The van der Waals surface area contributed by atoms with Gasteiger partial charge in [-0.15, -0.1) is 0 Å². The summed E-state index contributed by atoms with van der Waals surface area (Å²) < 4.78 is 10.6. The van der Waals surface area contributed by atoms with Crippen LogP contribution in [0, 0.1) is 0 Å². The molecule has 1 fully saturated rings. The molecule has 0 aromatic carbocycles. The maximum Gasteiger partial charge on any atom is 0.307 e. The van der Waals surface area contributed by atoms with Crippen LogP contribution in [0.1, 0.15) is 26.2 Å². The SMILES string of the molecule is C=C(C)C(OCC(O)COC(=O)CCN(C)CC(O)C(O)C(O)C(O)CO)=C1CC1. The predicted octanol–water partition coefficient (Wildman–Crippen LogP) is -1.71. The molecule has 0 radical (unpaired) electrons. The number of allylic oxidation sites excluding steroid dienone is 2. The van der Waals surface area contributed by atoms with Crippen LogP contribution in [0.15, 0.2) is 23.5 Å². The molecule has 10 nitrogen and oxygen atoms in total. The third-order valence-electron chi connectivity index (χ3n) is 4.59.